The number of carbonyl (C=O) groups is 1. The van der Waals surface area contributed by atoms with Crippen LogP contribution in [-0.4, -0.2) is 57.0 Å². The van der Waals surface area contributed by atoms with Crippen LogP contribution in [0.15, 0.2) is 0 Å². The molecular weight excluding hydrogens is 214 g/mol. The van der Waals surface area contributed by atoms with E-state index in [4.69, 9.17) is 14.2 Å². The van der Waals surface area contributed by atoms with Crippen molar-refractivity contribution in [2.75, 3.05) is 32.9 Å². The first-order chi connectivity index (χ1) is 7.81. The van der Waals surface area contributed by atoms with Gasteiger partial charge in [0.15, 0.2) is 12.5 Å². The highest BCUT2D eigenvalue weighted by Gasteiger charge is 2.54. The number of ether oxygens (including phenoxy) is 3. The van der Waals surface area contributed by atoms with Crippen molar-refractivity contribution in [1.29, 1.82) is 0 Å². The summed E-state index contributed by atoms with van der Waals surface area (Å²) in [5, 5.41) is 9.16. The van der Waals surface area contributed by atoms with Gasteiger partial charge in [-0.2, -0.15) is 0 Å². The Hall–Kier alpha value is -0.730. The summed E-state index contributed by atoms with van der Waals surface area (Å²) in [5.74, 6) is -0.125. The van der Waals surface area contributed by atoms with Gasteiger partial charge in [-0.25, -0.2) is 0 Å². The Morgan fingerprint density at radius 1 is 1.19 bits per heavy atom. The van der Waals surface area contributed by atoms with Crippen LogP contribution in [0.2, 0.25) is 0 Å². The van der Waals surface area contributed by atoms with Gasteiger partial charge in [0.1, 0.15) is 6.61 Å². The summed E-state index contributed by atoms with van der Waals surface area (Å²) in [6.07, 6.45) is -0.795. The van der Waals surface area contributed by atoms with Crippen LogP contribution in [0.1, 0.15) is 0 Å². The predicted octanol–water partition coefficient (Wildman–Crippen LogP) is -2.28. The molecule has 3 aliphatic rings. The molecule has 0 aliphatic carbocycles. The molecule has 0 aromatic heterocycles. The monoisotopic (exact) mass is 229 g/mol. The highest BCUT2D eigenvalue weighted by Crippen LogP contribution is 2.27. The maximum Gasteiger partial charge on any atom is 0.248 e. The summed E-state index contributed by atoms with van der Waals surface area (Å²) < 4.78 is 16.7. The summed E-state index contributed by atoms with van der Waals surface area (Å²) in [7, 11) is 0. The molecule has 1 amide bonds. The van der Waals surface area contributed by atoms with Crippen molar-refractivity contribution >= 4 is 5.91 Å². The molecule has 0 spiro atoms. The minimum atomic E-state index is -0.803. The normalized spacial score (nSPS) is 43.9. The second kappa shape index (κ2) is 3.94. The van der Waals surface area contributed by atoms with E-state index < -0.39 is 12.0 Å². The van der Waals surface area contributed by atoms with E-state index in [1.165, 1.54) is 0 Å². The zero-order valence-electron chi connectivity index (χ0n) is 8.82. The molecule has 7 heteroatoms. The smallest absolute Gasteiger partial charge is 0.248 e. The second-order valence-electron chi connectivity index (χ2n) is 4.03. The third-order valence-corrected chi connectivity index (χ3v) is 3.01. The molecule has 3 heterocycles. The SMILES string of the molecule is O=C1COC(C2(C3NCCO3)NCCO2)N1. The fraction of sp³-hybridized carbons (Fsp3) is 0.889. The first-order valence-electron chi connectivity index (χ1n) is 5.46. The average molecular weight is 229 g/mol. The van der Waals surface area contributed by atoms with E-state index >= 15 is 0 Å². The number of hydrogen-bond donors (Lipinski definition) is 3. The Labute approximate surface area is 92.8 Å². The van der Waals surface area contributed by atoms with Crippen LogP contribution in [0, 0.1) is 0 Å². The molecule has 90 valence electrons. The highest BCUT2D eigenvalue weighted by atomic mass is 16.6. The second-order valence-corrected chi connectivity index (χ2v) is 4.03. The Bertz CT molecular complexity index is 286. The zero-order valence-corrected chi connectivity index (χ0v) is 8.82. The maximum absolute atomic E-state index is 11.2. The van der Waals surface area contributed by atoms with Gasteiger partial charge in [-0.05, 0) is 0 Å². The highest BCUT2D eigenvalue weighted by molar-refractivity contribution is 5.79. The summed E-state index contributed by atoms with van der Waals surface area (Å²) in [4.78, 5) is 11.2. The van der Waals surface area contributed by atoms with Crippen molar-refractivity contribution in [2.24, 2.45) is 0 Å². The van der Waals surface area contributed by atoms with Gasteiger partial charge in [0, 0.05) is 13.1 Å². The Morgan fingerprint density at radius 3 is 2.69 bits per heavy atom. The molecule has 16 heavy (non-hydrogen) atoms. The summed E-state index contributed by atoms with van der Waals surface area (Å²) in [5.41, 5.74) is -0.803. The Kier molecular flexibility index (Phi) is 2.56. The Morgan fingerprint density at radius 2 is 2.12 bits per heavy atom. The Balaban J connectivity index is 1.81. The van der Waals surface area contributed by atoms with E-state index in [0.29, 0.717) is 13.2 Å². The number of rotatable bonds is 2. The lowest BCUT2D eigenvalue weighted by Crippen LogP contribution is -2.66. The van der Waals surface area contributed by atoms with Gasteiger partial charge in [0.25, 0.3) is 0 Å². The van der Waals surface area contributed by atoms with Crippen LogP contribution in [0.5, 0.6) is 0 Å². The molecule has 7 nitrogen and oxygen atoms in total. The number of hydrogen-bond acceptors (Lipinski definition) is 6. The minimum absolute atomic E-state index is 0.0736. The van der Waals surface area contributed by atoms with Crippen molar-refractivity contribution in [3.63, 3.8) is 0 Å². The first kappa shape index (κ1) is 10.4. The van der Waals surface area contributed by atoms with Crippen molar-refractivity contribution < 1.29 is 19.0 Å². The van der Waals surface area contributed by atoms with E-state index in [1.54, 1.807) is 0 Å². The molecule has 0 saturated carbocycles. The van der Waals surface area contributed by atoms with Crippen molar-refractivity contribution in [3.05, 3.63) is 0 Å². The van der Waals surface area contributed by atoms with Gasteiger partial charge in [0.05, 0.1) is 13.2 Å². The lowest BCUT2D eigenvalue weighted by atomic mass is 10.1. The van der Waals surface area contributed by atoms with E-state index in [1.807, 2.05) is 0 Å². The fourth-order valence-corrected chi connectivity index (χ4v) is 2.31. The van der Waals surface area contributed by atoms with Crippen LogP contribution in [0.4, 0.5) is 0 Å². The van der Waals surface area contributed by atoms with Gasteiger partial charge in [0.2, 0.25) is 11.6 Å². The topological polar surface area (TPSA) is 80.9 Å². The fourth-order valence-electron chi connectivity index (χ4n) is 2.31. The van der Waals surface area contributed by atoms with Crippen molar-refractivity contribution in [2.45, 2.75) is 18.2 Å². The standard InChI is InChI=1S/C9H15N3O4/c13-6-5-15-8(12-6)9(11-2-4-16-9)7-10-1-3-14-7/h7-8,10-11H,1-5H2,(H,12,13). The summed E-state index contributed by atoms with van der Waals surface area (Å²) in [6, 6.07) is 0. The largest absolute Gasteiger partial charge is 0.357 e. The van der Waals surface area contributed by atoms with Gasteiger partial charge in [-0.15, -0.1) is 0 Å². The molecule has 3 rings (SSSR count). The molecular formula is C9H15N3O4. The van der Waals surface area contributed by atoms with Gasteiger partial charge in [-0.1, -0.05) is 0 Å². The van der Waals surface area contributed by atoms with Gasteiger partial charge >= 0.3 is 0 Å². The van der Waals surface area contributed by atoms with Crippen LogP contribution >= 0.6 is 0 Å². The quantitative estimate of drug-likeness (QED) is 0.495. The lowest BCUT2D eigenvalue weighted by Gasteiger charge is -2.37. The summed E-state index contributed by atoms with van der Waals surface area (Å²) in [6.45, 7) is 2.79. The molecule has 3 N–H and O–H groups in total. The first-order valence-corrected chi connectivity index (χ1v) is 5.46. The molecule has 3 atom stereocenters. The number of amides is 1. The maximum atomic E-state index is 11.2. The average Bonchev–Trinajstić information content (AvgIpc) is 2.98. The van der Waals surface area contributed by atoms with Crippen LogP contribution < -0.4 is 16.0 Å². The van der Waals surface area contributed by atoms with Crippen LogP contribution in [0.25, 0.3) is 0 Å². The molecule has 3 saturated heterocycles. The zero-order chi connectivity index (χ0) is 11.0. The predicted molar refractivity (Wildman–Crippen MR) is 52.3 cm³/mol. The third-order valence-electron chi connectivity index (χ3n) is 3.01. The van der Waals surface area contributed by atoms with Crippen LogP contribution in [-0.2, 0) is 19.0 Å². The number of nitrogens with one attached hydrogen (secondary N) is 3. The molecule has 3 aliphatic heterocycles. The summed E-state index contributed by atoms with van der Waals surface area (Å²) >= 11 is 0. The molecule has 3 fully saturated rings. The van der Waals surface area contributed by atoms with E-state index in [2.05, 4.69) is 16.0 Å². The molecule has 0 aromatic rings. The minimum Gasteiger partial charge on any atom is -0.357 e. The van der Waals surface area contributed by atoms with E-state index in [9.17, 15) is 4.79 Å². The third kappa shape index (κ3) is 1.52. The van der Waals surface area contributed by atoms with E-state index in [-0.39, 0.29) is 18.7 Å². The van der Waals surface area contributed by atoms with Crippen molar-refractivity contribution in [3.8, 4) is 0 Å². The van der Waals surface area contributed by atoms with Crippen LogP contribution in [0.3, 0.4) is 0 Å². The molecule has 0 bridgehead atoms. The van der Waals surface area contributed by atoms with E-state index in [0.717, 1.165) is 13.1 Å². The van der Waals surface area contributed by atoms with Crippen molar-refractivity contribution in [1.82, 2.24) is 16.0 Å². The number of carbonyl (C=O) groups excluding carboxylic acids is 1. The lowest BCUT2D eigenvalue weighted by molar-refractivity contribution is -0.184. The molecule has 0 radical (unpaired) electrons. The van der Waals surface area contributed by atoms with Gasteiger partial charge < -0.3 is 19.5 Å². The molecule has 0 aromatic carbocycles. The van der Waals surface area contributed by atoms with Gasteiger partial charge in [-0.3, -0.25) is 15.4 Å². The molecule has 3 unspecified atom stereocenters.